The third-order valence-electron chi connectivity index (χ3n) is 2.02. The number of sulfonamides is 1. The Morgan fingerprint density at radius 2 is 2.06 bits per heavy atom. The molecule has 2 N–H and O–H groups in total. The summed E-state index contributed by atoms with van der Waals surface area (Å²) in [6, 6.07) is 1.12. The SMILES string of the molecule is CC(CC(=O)O)NS(=O)(=O)c1ccc(F)cc1F. The van der Waals surface area contributed by atoms with Gasteiger partial charge in [0.15, 0.2) is 0 Å². The summed E-state index contributed by atoms with van der Waals surface area (Å²) in [7, 11) is -4.21. The van der Waals surface area contributed by atoms with Crippen molar-refractivity contribution in [2.75, 3.05) is 0 Å². The quantitative estimate of drug-likeness (QED) is 0.845. The molecule has 1 aromatic carbocycles. The Morgan fingerprint density at radius 1 is 1.44 bits per heavy atom. The van der Waals surface area contributed by atoms with Crippen LogP contribution in [0.5, 0.6) is 0 Å². The van der Waals surface area contributed by atoms with E-state index < -0.39 is 45.0 Å². The third kappa shape index (κ3) is 3.74. The Kier molecular flexibility index (Phi) is 4.36. The molecule has 0 radical (unpaired) electrons. The highest BCUT2D eigenvalue weighted by atomic mass is 32.2. The molecule has 0 aromatic heterocycles. The summed E-state index contributed by atoms with van der Waals surface area (Å²) in [5.41, 5.74) is 0. The molecule has 0 aliphatic rings. The predicted octanol–water partition coefficient (Wildman–Crippen LogP) is 1.11. The van der Waals surface area contributed by atoms with Crippen molar-refractivity contribution in [3.05, 3.63) is 29.8 Å². The maximum Gasteiger partial charge on any atom is 0.304 e. The van der Waals surface area contributed by atoms with Gasteiger partial charge >= 0.3 is 5.97 Å². The van der Waals surface area contributed by atoms with Crippen molar-refractivity contribution in [1.29, 1.82) is 0 Å². The summed E-state index contributed by atoms with van der Waals surface area (Å²) < 4.78 is 51.3. The van der Waals surface area contributed by atoms with Crippen LogP contribution in [0.4, 0.5) is 8.78 Å². The van der Waals surface area contributed by atoms with Gasteiger partial charge in [0.25, 0.3) is 0 Å². The van der Waals surface area contributed by atoms with Gasteiger partial charge in [-0.25, -0.2) is 21.9 Å². The van der Waals surface area contributed by atoms with E-state index >= 15 is 0 Å². The average molecular weight is 279 g/mol. The number of nitrogens with one attached hydrogen (secondary N) is 1. The Balaban J connectivity index is 2.96. The molecule has 1 atom stereocenters. The molecule has 0 amide bonds. The van der Waals surface area contributed by atoms with E-state index in [1.165, 1.54) is 6.92 Å². The minimum Gasteiger partial charge on any atom is -0.481 e. The van der Waals surface area contributed by atoms with Crippen LogP contribution in [-0.2, 0) is 14.8 Å². The highest BCUT2D eigenvalue weighted by Crippen LogP contribution is 2.15. The van der Waals surface area contributed by atoms with Crippen LogP contribution in [0.15, 0.2) is 23.1 Å². The number of halogens is 2. The molecule has 100 valence electrons. The molecular formula is C10H11F2NO4S. The smallest absolute Gasteiger partial charge is 0.304 e. The fourth-order valence-corrected chi connectivity index (χ4v) is 2.63. The highest BCUT2D eigenvalue weighted by molar-refractivity contribution is 7.89. The van der Waals surface area contributed by atoms with Crippen molar-refractivity contribution >= 4 is 16.0 Å². The van der Waals surface area contributed by atoms with Gasteiger partial charge in [-0.05, 0) is 19.1 Å². The van der Waals surface area contributed by atoms with Gasteiger partial charge < -0.3 is 5.11 Å². The average Bonchev–Trinajstić information content (AvgIpc) is 2.13. The monoisotopic (exact) mass is 279 g/mol. The summed E-state index contributed by atoms with van der Waals surface area (Å²) in [6.07, 6.45) is -0.442. The van der Waals surface area contributed by atoms with Crippen molar-refractivity contribution in [2.45, 2.75) is 24.3 Å². The second-order valence-corrected chi connectivity index (χ2v) is 5.38. The first kappa shape index (κ1) is 14.5. The van der Waals surface area contributed by atoms with Crippen molar-refractivity contribution in [3.8, 4) is 0 Å². The normalized spacial score (nSPS) is 13.3. The zero-order valence-corrected chi connectivity index (χ0v) is 10.2. The van der Waals surface area contributed by atoms with Crippen LogP contribution in [0.1, 0.15) is 13.3 Å². The number of hydrogen-bond donors (Lipinski definition) is 2. The van der Waals surface area contributed by atoms with E-state index in [4.69, 9.17) is 5.11 Å². The number of aliphatic carboxylic acids is 1. The first-order chi connectivity index (χ1) is 8.22. The Hall–Kier alpha value is -1.54. The molecule has 18 heavy (non-hydrogen) atoms. The molecule has 0 spiro atoms. The topological polar surface area (TPSA) is 83.5 Å². The lowest BCUT2D eigenvalue weighted by atomic mass is 10.3. The number of carboxylic acid groups (broad SMARTS) is 1. The van der Waals surface area contributed by atoms with E-state index in [1.54, 1.807) is 0 Å². The molecule has 0 aliphatic heterocycles. The van der Waals surface area contributed by atoms with Gasteiger partial charge in [-0.3, -0.25) is 4.79 Å². The number of hydrogen-bond acceptors (Lipinski definition) is 3. The van der Waals surface area contributed by atoms with Crippen molar-refractivity contribution in [1.82, 2.24) is 4.72 Å². The maximum atomic E-state index is 13.3. The van der Waals surface area contributed by atoms with Crippen LogP contribution in [-0.4, -0.2) is 25.5 Å². The van der Waals surface area contributed by atoms with Crippen LogP contribution in [0.2, 0.25) is 0 Å². The molecule has 0 fully saturated rings. The van der Waals surface area contributed by atoms with Crippen molar-refractivity contribution in [3.63, 3.8) is 0 Å². The van der Waals surface area contributed by atoms with Crippen molar-refractivity contribution < 1.29 is 27.1 Å². The van der Waals surface area contributed by atoms with Crippen LogP contribution in [0.3, 0.4) is 0 Å². The Labute approximate surface area is 102 Å². The van der Waals surface area contributed by atoms with Gasteiger partial charge in [0.1, 0.15) is 16.5 Å². The summed E-state index contributed by atoms with van der Waals surface area (Å²) in [6.45, 7) is 1.33. The first-order valence-electron chi connectivity index (χ1n) is 4.91. The molecule has 1 aromatic rings. The fraction of sp³-hybridized carbons (Fsp3) is 0.300. The van der Waals surface area contributed by atoms with Gasteiger partial charge in [0, 0.05) is 12.1 Å². The lowest BCUT2D eigenvalue weighted by Crippen LogP contribution is -2.34. The van der Waals surface area contributed by atoms with E-state index in [-0.39, 0.29) is 0 Å². The largest absolute Gasteiger partial charge is 0.481 e. The summed E-state index contributed by atoms with van der Waals surface area (Å²) in [4.78, 5) is 9.66. The van der Waals surface area contributed by atoms with E-state index in [9.17, 15) is 22.0 Å². The molecule has 0 heterocycles. The molecule has 8 heteroatoms. The lowest BCUT2D eigenvalue weighted by molar-refractivity contribution is -0.137. The van der Waals surface area contributed by atoms with E-state index in [2.05, 4.69) is 0 Å². The first-order valence-corrected chi connectivity index (χ1v) is 6.40. The Morgan fingerprint density at radius 3 is 2.56 bits per heavy atom. The van der Waals surface area contributed by atoms with Gasteiger partial charge in [-0.2, -0.15) is 0 Å². The van der Waals surface area contributed by atoms with Crippen LogP contribution < -0.4 is 4.72 Å². The molecule has 1 unspecified atom stereocenters. The van der Waals surface area contributed by atoms with Gasteiger partial charge in [0.2, 0.25) is 10.0 Å². The van der Waals surface area contributed by atoms with Gasteiger partial charge in [-0.15, -0.1) is 0 Å². The third-order valence-corrected chi connectivity index (χ3v) is 3.64. The minimum atomic E-state index is -4.21. The summed E-state index contributed by atoms with van der Waals surface area (Å²) in [5, 5.41) is 8.48. The molecule has 1 rings (SSSR count). The molecular weight excluding hydrogens is 268 g/mol. The second kappa shape index (κ2) is 5.40. The zero-order valence-electron chi connectivity index (χ0n) is 9.35. The number of carboxylic acids is 1. The van der Waals surface area contributed by atoms with E-state index in [0.717, 1.165) is 12.1 Å². The van der Waals surface area contributed by atoms with Crippen LogP contribution in [0.25, 0.3) is 0 Å². The molecule has 0 saturated heterocycles. The Bertz CT molecular complexity index is 559. The molecule has 5 nitrogen and oxygen atoms in total. The summed E-state index contributed by atoms with van der Waals surface area (Å²) in [5.74, 6) is -3.32. The highest BCUT2D eigenvalue weighted by Gasteiger charge is 2.22. The number of benzene rings is 1. The fourth-order valence-electron chi connectivity index (χ4n) is 1.33. The van der Waals surface area contributed by atoms with Crippen molar-refractivity contribution in [2.24, 2.45) is 0 Å². The molecule has 0 saturated carbocycles. The second-order valence-electron chi connectivity index (χ2n) is 3.69. The predicted molar refractivity (Wildman–Crippen MR) is 58.4 cm³/mol. The van der Waals surface area contributed by atoms with Crippen LogP contribution >= 0.6 is 0 Å². The molecule has 0 aliphatic carbocycles. The van der Waals surface area contributed by atoms with Gasteiger partial charge in [-0.1, -0.05) is 0 Å². The standard InChI is InChI=1S/C10H11F2NO4S/c1-6(4-10(14)15)13-18(16,17)9-3-2-7(11)5-8(9)12/h2-3,5-6,13H,4H2,1H3,(H,14,15). The lowest BCUT2D eigenvalue weighted by Gasteiger charge is -2.12. The van der Waals surface area contributed by atoms with E-state index in [1.807, 2.05) is 4.72 Å². The van der Waals surface area contributed by atoms with Crippen LogP contribution in [0, 0.1) is 11.6 Å². The van der Waals surface area contributed by atoms with E-state index in [0.29, 0.717) is 6.07 Å². The number of rotatable bonds is 5. The summed E-state index contributed by atoms with van der Waals surface area (Å²) >= 11 is 0. The number of carbonyl (C=O) groups is 1. The minimum absolute atomic E-state index is 0.441. The maximum absolute atomic E-state index is 13.3. The van der Waals surface area contributed by atoms with Gasteiger partial charge in [0.05, 0.1) is 6.42 Å². The molecule has 0 bridgehead atoms. The zero-order chi connectivity index (χ0) is 13.9.